The average Bonchev–Trinajstić information content (AvgIpc) is 3.06. The Morgan fingerprint density at radius 3 is 3.00 bits per heavy atom. The van der Waals surface area contributed by atoms with Crippen molar-refractivity contribution in [3.05, 3.63) is 23.8 Å². The lowest BCUT2D eigenvalue weighted by Crippen LogP contribution is -2.58. The number of fused-ring (bicyclic) bond motifs is 2. The van der Waals surface area contributed by atoms with Gasteiger partial charge in [-0.1, -0.05) is 6.07 Å². The van der Waals surface area contributed by atoms with E-state index in [2.05, 4.69) is 16.0 Å². The highest BCUT2D eigenvalue weighted by Gasteiger charge is 2.44. The van der Waals surface area contributed by atoms with E-state index in [1.165, 1.54) is 18.2 Å². The highest BCUT2D eigenvalue weighted by molar-refractivity contribution is 7.90. The third kappa shape index (κ3) is 3.41. The second-order valence-electron chi connectivity index (χ2n) is 7.05. The van der Waals surface area contributed by atoms with Gasteiger partial charge >= 0.3 is 6.03 Å². The lowest BCUT2D eigenvalue weighted by atomic mass is 9.97. The third-order valence-corrected chi connectivity index (χ3v) is 7.00. The summed E-state index contributed by atoms with van der Waals surface area (Å²) in [5.41, 5.74) is -0.142. The van der Waals surface area contributed by atoms with Gasteiger partial charge in [-0.15, -0.1) is 0 Å². The number of benzene rings is 1. The molecule has 0 aliphatic carbocycles. The molecule has 0 radical (unpaired) electrons. The molecule has 2 saturated heterocycles. The molecule has 0 saturated carbocycles. The van der Waals surface area contributed by atoms with Gasteiger partial charge in [0.2, 0.25) is 5.91 Å². The van der Waals surface area contributed by atoms with Gasteiger partial charge < -0.3 is 20.7 Å². The number of amides is 3. The maximum Gasteiger partial charge on any atom is 0.336 e. The molecular formula is C17H18FN5O5S. The zero-order valence-electron chi connectivity index (χ0n) is 15.1. The predicted octanol–water partition coefficient (Wildman–Crippen LogP) is -0.322. The first-order valence-corrected chi connectivity index (χ1v) is 10.4. The summed E-state index contributed by atoms with van der Waals surface area (Å²) in [5, 5.41) is 17.2. The van der Waals surface area contributed by atoms with Gasteiger partial charge in [0, 0.05) is 13.0 Å². The van der Waals surface area contributed by atoms with E-state index in [0.717, 1.165) is 0 Å². The first kappa shape index (κ1) is 19.6. The van der Waals surface area contributed by atoms with Crippen molar-refractivity contribution in [2.45, 2.75) is 35.7 Å². The highest BCUT2D eigenvalue weighted by atomic mass is 32.2. The van der Waals surface area contributed by atoms with Crippen molar-refractivity contribution in [3.8, 4) is 6.07 Å². The molecule has 0 bridgehead atoms. The van der Waals surface area contributed by atoms with Crippen molar-refractivity contribution in [2.75, 3.05) is 25.0 Å². The summed E-state index contributed by atoms with van der Waals surface area (Å²) < 4.78 is 45.1. The average molecular weight is 423 g/mol. The number of halogens is 1. The van der Waals surface area contributed by atoms with Gasteiger partial charge in [0.25, 0.3) is 10.0 Å². The number of carbonyl (C=O) groups is 2. The van der Waals surface area contributed by atoms with E-state index in [-0.39, 0.29) is 47.9 Å². The van der Waals surface area contributed by atoms with Gasteiger partial charge in [0.05, 0.1) is 36.0 Å². The standard InChI is InChI=1S/C17H18FN5O5S/c18-10-4-13-15(20-6-10)12(8-28-13)21-14(24)7-23-17(25)22-11-3-1-2-9(5-19)16(11)29(23,26)27/h1-3,10,12-13,15,20H,4,6-8H2,(H,21,24)(H,22,25)/t10?,12-,13?,15?/m0/s1. The van der Waals surface area contributed by atoms with E-state index in [1.54, 1.807) is 6.07 Å². The van der Waals surface area contributed by atoms with Crippen molar-refractivity contribution >= 4 is 27.6 Å². The minimum Gasteiger partial charge on any atom is -0.374 e. The van der Waals surface area contributed by atoms with E-state index < -0.39 is 40.7 Å². The minimum atomic E-state index is -4.39. The first-order chi connectivity index (χ1) is 13.8. The fraction of sp³-hybridized carbons (Fsp3) is 0.471. The van der Waals surface area contributed by atoms with E-state index in [0.29, 0.717) is 4.31 Å². The monoisotopic (exact) mass is 423 g/mol. The van der Waals surface area contributed by atoms with Gasteiger partial charge in [-0.3, -0.25) is 4.79 Å². The van der Waals surface area contributed by atoms with E-state index in [1.807, 2.05) is 0 Å². The summed E-state index contributed by atoms with van der Waals surface area (Å²) in [7, 11) is -4.39. The Kier molecular flexibility index (Phi) is 4.89. The zero-order valence-corrected chi connectivity index (χ0v) is 15.9. The van der Waals surface area contributed by atoms with Crippen molar-refractivity contribution in [2.24, 2.45) is 0 Å². The molecule has 10 nitrogen and oxygen atoms in total. The molecule has 4 rings (SSSR count). The molecule has 29 heavy (non-hydrogen) atoms. The number of piperidine rings is 1. The SMILES string of the molecule is N#Cc1cccc2c1S(=O)(=O)N(CC(=O)N[C@H]1COC3CC(F)CNC31)C(=O)N2. The van der Waals surface area contributed by atoms with Crippen LogP contribution in [0.5, 0.6) is 0 Å². The fourth-order valence-electron chi connectivity index (χ4n) is 3.85. The number of sulfonamides is 1. The Balaban J connectivity index is 1.50. The van der Waals surface area contributed by atoms with Crippen LogP contribution in [0, 0.1) is 11.3 Å². The highest BCUT2D eigenvalue weighted by Crippen LogP contribution is 2.32. The van der Waals surface area contributed by atoms with Crippen LogP contribution < -0.4 is 16.0 Å². The molecule has 12 heteroatoms. The zero-order chi connectivity index (χ0) is 20.8. The lowest BCUT2D eigenvalue weighted by Gasteiger charge is -2.32. The second-order valence-corrected chi connectivity index (χ2v) is 8.85. The Morgan fingerprint density at radius 1 is 1.45 bits per heavy atom. The van der Waals surface area contributed by atoms with Gasteiger partial charge in [0.15, 0.2) is 0 Å². The molecule has 0 aromatic heterocycles. The summed E-state index contributed by atoms with van der Waals surface area (Å²) in [6, 6.07) is 4.16. The summed E-state index contributed by atoms with van der Waals surface area (Å²) in [4.78, 5) is 24.4. The molecule has 3 amide bonds. The first-order valence-electron chi connectivity index (χ1n) is 8.96. The van der Waals surface area contributed by atoms with Crippen molar-refractivity contribution in [1.29, 1.82) is 5.26 Å². The number of rotatable bonds is 3. The van der Waals surface area contributed by atoms with E-state index in [9.17, 15) is 27.7 Å². The number of hydrogen-bond donors (Lipinski definition) is 3. The summed E-state index contributed by atoms with van der Waals surface area (Å²) in [5.74, 6) is -0.708. The molecule has 3 aliphatic heterocycles. The molecule has 3 heterocycles. The molecule has 1 aromatic carbocycles. The molecule has 154 valence electrons. The number of urea groups is 1. The molecule has 4 atom stereocenters. The van der Waals surface area contributed by atoms with Crippen LogP contribution in [0.1, 0.15) is 12.0 Å². The minimum absolute atomic E-state index is 0.00933. The molecule has 3 unspecified atom stereocenters. The number of carbonyl (C=O) groups excluding carboxylic acids is 2. The number of anilines is 1. The van der Waals surface area contributed by atoms with Gasteiger partial charge in [-0.2, -0.15) is 5.26 Å². The second kappa shape index (κ2) is 7.25. The van der Waals surface area contributed by atoms with Crippen molar-refractivity contribution in [1.82, 2.24) is 14.9 Å². The molecule has 1 aromatic rings. The topological polar surface area (TPSA) is 141 Å². The van der Waals surface area contributed by atoms with Gasteiger partial charge in [0.1, 0.15) is 23.7 Å². The molecule has 3 aliphatic rings. The quantitative estimate of drug-likeness (QED) is 0.605. The number of nitrogens with zero attached hydrogens (tertiary/aromatic N) is 2. The van der Waals surface area contributed by atoms with Crippen LogP contribution in [0.3, 0.4) is 0 Å². The van der Waals surface area contributed by atoms with Gasteiger partial charge in [-0.25, -0.2) is 21.9 Å². The van der Waals surface area contributed by atoms with Crippen LogP contribution in [0.15, 0.2) is 23.1 Å². The molecule has 2 fully saturated rings. The van der Waals surface area contributed by atoms with Crippen molar-refractivity contribution < 1.29 is 27.1 Å². The number of hydrogen-bond acceptors (Lipinski definition) is 7. The van der Waals surface area contributed by atoms with Crippen LogP contribution in [0.4, 0.5) is 14.9 Å². The van der Waals surface area contributed by atoms with Crippen LogP contribution in [0.2, 0.25) is 0 Å². The van der Waals surface area contributed by atoms with Gasteiger partial charge in [-0.05, 0) is 12.1 Å². The Morgan fingerprint density at radius 2 is 2.24 bits per heavy atom. The summed E-state index contributed by atoms with van der Waals surface area (Å²) in [6.07, 6.45) is -1.18. The van der Waals surface area contributed by atoms with E-state index >= 15 is 0 Å². The molecule has 0 spiro atoms. The number of nitriles is 1. The van der Waals surface area contributed by atoms with E-state index in [4.69, 9.17) is 4.74 Å². The predicted molar refractivity (Wildman–Crippen MR) is 97.0 cm³/mol. The normalized spacial score (nSPS) is 29.9. The Hall–Kier alpha value is -2.75. The smallest absolute Gasteiger partial charge is 0.336 e. The lowest BCUT2D eigenvalue weighted by molar-refractivity contribution is -0.121. The number of alkyl halides is 1. The molecular weight excluding hydrogens is 405 g/mol. The number of nitrogens with one attached hydrogen (secondary N) is 3. The molecule has 3 N–H and O–H groups in total. The maximum atomic E-state index is 13.5. The van der Waals surface area contributed by atoms with Crippen LogP contribution in [0.25, 0.3) is 0 Å². The largest absolute Gasteiger partial charge is 0.374 e. The summed E-state index contributed by atoms with van der Waals surface area (Å²) in [6.45, 7) is -0.457. The van der Waals surface area contributed by atoms with Crippen LogP contribution in [-0.4, -0.2) is 68.7 Å². The van der Waals surface area contributed by atoms with Crippen LogP contribution in [-0.2, 0) is 19.6 Å². The Labute approximate surface area is 166 Å². The summed E-state index contributed by atoms with van der Waals surface area (Å²) >= 11 is 0. The van der Waals surface area contributed by atoms with Crippen molar-refractivity contribution in [3.63, 3.8) is 0 Å². The number of ether oxygens (including phenoxy) is 1. The third-order valence-electron chi connectivity index (χ3n) is 5.17. The fourth-order valence-corrected chi connectivity index (χ4v) is 5.41. The Bertz CT molecular complexity index is 1010. The van der Waals surface area contributed by atoms with Crippen LogP contribution >= 0.6 is 0 Å². The maximum absolute atomic E-state index is 13.5.